The molecule has 0 fully saturated rings. The lowest BCUT2D eigenvalue weighted by Crippen LogP contribution is -2.03. The molecule has 0 amide bonds. The topological polar surface area (TPSA) is 32.6 Å². The van der Waals surface area contributed by atoms with Crippen molar-refractivity contribution in [3.05, 3.63) is 23.3 Å². The summed E-state index contributed by atoms with van der Waals surface area (Å²) in [6.45, 7) is 10.2. The number of hydrogen-bond acceptors (Lipinski definition) is 2. The van der Waals surface area contributed by atoms with Gasteiger partial charge in [-0.25, -0.2) is 0 Å². The molecule has 1 aliphatic carbocycles. The largest absolute Gasteiger partial charge is 0.411 e. The van der Waals surface area contributed by atoms with Gasteiger partial charge >= 0.3 is 0 Å². The Balaban J connectivity index is 2.65. The zero-order valence-electron chi connectivity index (χ0n) is 10.0. The monoisotopic (exact) mass is 207 g/mol. The van der Waals surface area contributed by atoms with Gasteiger partial charge in [0.05, 0.1) is 5.71 Å². The van der Waals surface area contributed by atoms with Crippen LogP contribution in [-0.4, -0.2) is 10.9 Å². The van der Waals surface area contributed by atoms with Gasteiger partial charge in [-0.1, -0.05) is 28.5 Å². The molecule has 0 aromatic carbocycles. The smallest absolute Gasteiger partial charge is 0.0543 e. The lowest BCUT2D eigenvalue weighted by Gasteiger charge is -2.15. The number of nitrogens with zero attached hydrogens (tertiary/aromatic N) is 1. The van der Waals surface area contributed by atoms with Crippen LogP contribution in [-0.2, 0) is 0 Å². The van der Waals surface area contributed by atoms with Gasteiger partial charge in [0.25, 0.3) is 0 Å². The summed E-state index contributed by atoms with van der Waals surface area (Å²) < 4.78 is 0. The van der Waals surface area contributed by atoms with E-state index in [0.717, 1.165) is 18.6 Å². The van der Waals surface area contributed by atoms with Crippen molar-refractivity contribution in [1.29, 1.82) is 0 Å². The maximum Gasteiger partial charge on any atom is 0.0543 e. The summed E-state index contributed by atoms with van der Waals surface area (Å²) in [5.74, 6) is 0.566. The molecule has 15 heavy (non-hydrogen) atoms. The second-order valence-corrected chi connectivity index (χ2v) is 4.58. The summed E-state index contributed by atoms with van der Waals surface area (Å²) in [7, 11) is 0. The van der Waals surface area contributed by atoms with Crippen molar-refractivity contribution in [2.45, 2.75) is 46.5 Å². The zero-order valence-corrected chi connectivity index (χ0v) is 10.0. The van der Waals surface area contributed by atoms with E-state index in [-0.39, 0.29) is 0 Å². The van der Waals surface area contributed by atoms with E-state index in [0.29, 0.717) is 5.92 Å². The van der Waals surface area contributed by atoms with Crippen LogP contribution in [0.1, 0.15) is 46.5 Å². The van der Waals surface area contributed by atoms with Crippen LogP contribution in [0, 0.1) is 5.92 Å². The summed E-state index contributed by atoms with van der Waals surface area (Å²) in [6.07, 6.45) is 4.28. The van der Waals surface area contributed by atoms with E-state index < -0.39 is 0 Å². The van der Waals surface area contributed by atoms with Crippen molar-refractivity contribution >= 4 is 5.71 Å². The van der Waals surface area contributed by atoms with E-state index >= 15 is 0 Å². The number of allylic oxidation sites excluding steroid dienone is 3. The molecule has 1 rings (SSSR count). The predicted octanol–water partition coefficient (Wildman–Crippen LogP) is 3.92. The second-order valence-electron chi connectivity index (χ2n) is 4.58. The maximum absolute atomic E-state index is 8.60. The highest BCUT2D eigenvalue weighted by Gasteiger charge is 2.23. The molecule has 84 valence electrons. The number of hydrogen-bond donors (Lipinski definition) is 1. The molecule has 0 aromatic rings. The predicted molar refractivity (Wildman–Crippen MR) is 64.4 cm³/mol. The number of oxime groups is 1. The van der Waals surface area contributed by atoms with Gasteiger partial charge in [-0.15, -0.1) is 0 Å². The fourth-order valence-corrected chi connectivity index (χ4v) is 2.29. The standard InChI is InChI=1S/C13H21NO/c1-9(2)12-7-5-10(3)13(12)8-6-11(4)14-15/h12,15H,1,5-8H2,2-4H3/b14-11+/t12-/m1/s1. The Morgan fingerprint density at radius 3 is 2.73 bits per heavy atom. The highest BCUT2D eigenvalue weighted by molar-refractivity contribution is 5.81. The van der Waals surface area contributed by atoms with E-state index in [2.05, 4.69) is 25.6 Å². The third-order valence-corrected chi connectivity index (χ3v) is 3.30. The summed E-state index contributed by atoms with van der Waals surface area (Å²) >= 11 is 0. The Kier molecular flexibility index (Phi) is 4.13. The Morgan fingerprint density at radius 2 is 2.20 bits per heavy atom. The van der Waals surface area contributed by atoms with Gasteiger partial charge in [0.2, 0.25) is 0 Å². The van der Waals surface area contributed by atoms with Crippen LogP contribution in [0.15, 0.2) is 28.5 Å². The lowest BCUT2D eigenvalue weighted by molar-refractivity contribution is 0.317. The fourth-order valence-electron chi connectivity index (χ4n) is 2.29. The molecule has 1 atom stereocenters. The summed E-state index contributed by atoms with van der Waals surface area (Å²) in [4.78, 5) is 0. The van der Waals surface area contributed by atoms with E-state index in [1.807, 2.05) is 6.92 Å². The lowest BCUT2D eigenvalue weighted by atomic mass is 9.90. The fraction of sp³-hybridized carbons (Fsp3) is 0.615. The van der Waals surface area contributed by atoms with Crippen molar-refractivity contribution in [3.8, 4) is 0 Å². The molecule has 0 unspecified atom stereocenters. The zero-order chi connectivity index (χ0) is 11.4. The van der Waals surface area contributed by atoms with Gasteiger partial charge in [0.15, 0.2) is 0 Å². The minimum absolute atomic E-state index is 0.566. The van der Waals surface area contributed by atoms with Crippen LogP contribution >= 0.6 is 0 Å². The summed E-state index contributed by atoms with van der Waals surface area (Å²) in [6, 6.07) is 0. The molecular weight excluding hydrogens is 186 g/mol. The second kappa shape index (κ2) is 5.15. The molecule has 1 aliphatic rings. The summed E-state index contributed by atoms with van der Waals surface area (Å²) in [5.41, 5.74) is 5.10. The molecule has 0 aliphatic heterocycles. The van der Waals surface area contributed by atoms with Gasteiger partial charge < -0.3 is 5.21 Å². The van der Waals surface area contributed by atoms with Gasteiger partial charge in [-0.2, -0.15) is 0 Å². The van der Waals surface area contributed by atoms with Gasteiger partial charge in [-0.3, -0.25) is 0 Å². The van der Waals surface area contributed by atoms with Crippen LogP contribution in [0.3, 0.4) is 0 Å². The molecule has 2 heteroatoms. The van der Waals surface area contributed by atoms with Crippen molar-refractivity contribution in [3.63, 3.8) is 0 Å². The first-order valence-corrected chi connectivity index (χ1v) is 5.57. The molecule has 0 radical (unpaired) electrons. The van der Waals surface area contributed by atoms with Crippen LogP contribution < -0.4 is 0 Å². The Labute approximate surface area is 92.4 Å². The van der Waals surface area contributed by atoms with E-state index in [1.54, 1.807) is 0 Å². The van der Waals surface area contributed by atoms with Crippen molar-refractivity contribution in [1.82, 2.24) is 0 Å². The van der Waals surface area contributed by atoms with E-state index in [1.165, 1.54) is 29.6 Å². The molecule has 0 aromatic heterocycles. The molecular formula is C13H21NO. The Bertz CT molecular complexity index is 312. The molecule has 0 saturated heterocycles. The van der Waals surface area contributed by atoms with E-state index in [4.69, 9.17) is 5.21 Å². The first-order valence-electron chi connectivity index (χ1n) is 5.57. The molecule has 1 N–H and O–H groups in total. The van der Waals surface area contributed by atoms with Gasteiger partial charge in [-0.05, 0) is 46.5 Å². The van der Waals surface area contributed by atoms with Crippen molar-refractivity contribution < 1.29 is 5.21 Å². The average molecular weight is 207 g/mol. The average Bonchev–Trinajstić information content (AvgIpc) is 2.56. The SMILES string of the molecule is C=C(C)[C@H]1CCC(C)=C1CC/C(C)=N/O. The van der Waals surface area contributed by atoms with Crippen LogP contribution in [0.25, 0.3) is 0 Å². The van der Waals surface area contributed by atoms with Crippen LogP contribution in [0.2, 0.25) is 0 Å². The van der Waals surface area contributed by atoms with Crippen molar-refractivity contribution in [2.75, 3.05) is 0 Å². The molecule has 0 heterocycles. The van der Waals surface area contributed by atoms with E-state index in [9.17, 15) is 0 Å². The highest BCUT2D eigenvalue weighted by Crippen LogP contribution is 2.38. The normalized spacial score (nSPS) is 22.3. The first kappa shape index (κ1) is 12.0. The van der Waals surface area contributed by atoms with Gasteiger partial charge in [0.1, 0.15) is 0 Å². The third-order valence-electron chi connectivity index (χ3n) is 3.30. The first-order chi connectivity index (χ1) is 7.06. The Morgan fingerprint density at radius 1 is 1.53 bits per heavy atom. The third kappa shape index (κ3) is 2.95. The van der Waals surface area contributed by atoms with Crippen molar-refractivity contribution in [2.24, 2.45) is 11.1 Å². The van der Waals surface area contributed by atoms with Crippen LogP contribution in [0.4, 0.5) is 0 Å². The highest BCUT2D eigenvalue weighted by atomic mass is 16.4. The van der Waals surface area contributed by atoms with Crippen LogP contribution in [0.5, 0.6) is 0 Å². The van der Waals surface area contributed by atoms with Gasteiger partial charge in [0, 0.05) is 5.92 Å². The minimum Gasteiger partial charge on any atom is -0.411 e. The molecule has 0 saturated carbocycles. The Hall–Kier alpha value is -1.05. The molecule has 0 bridgehead atoms. The quantitative estimate of drug-likeness (QED) is 0.322. The molecule has 2 nitrogen and oxygen atoms in total. The maximum atomic E-state index is 8.60. The minimum atomic E-state index is 0.566. The molecule has 0 spiro atoms. The number of rotatable bonds is 4. The summed E-state index contributed by atoms with van der Waals surface area (Å²) in [5, 5.41) is 11.8.